The molecule has 5 aromatic rings. The number of fused-ring (bicyclic) bond motifs is 1. The fourth-order valence-corrected chi connectivity index (χ4v) is 5.27. The molecule has 11 nitrogen and oxygen atoms in total. The molecule has 1 saturated heterocycles. The molecule has 0 amide bonds. The van der Waals surface area contributed by atoms with E-state index in [1.165, 1.54) is 30.9 Å². The normalized spacial score (nSPS) is 16.8. The molecule has 13 heteroatoms. The summed E-state index contributed by atoms with van der Waals surface area (Å²) in [5.74, 6) is 0.948. The zero-order valence-electron chi connectivity index (χ0n) is 26.3. The van der Waals surface area contributed by atoms with Gasteiger partial charge in [0.05, 0.1) is 16.7 Å². The van der Waals surface area contributed by atoms with E-state index < -0.39 is 22.7 Å². The van der Waals surface area contributed by atoms with Crippen LogP contribution in [-0.4, -0.2) is 75.2 Å². The first-order chi connectivity index (χ1) is 21.4. The predicted octanol–water partition coefficient (Wildman–Crippen LogP) is 3.69. The van der Waals surface area contributed by atoms with Crippen molar-refractivity contribution in [3.63, 3.8) is 0 Å². The monoisotopic (exact) mass is 589 g/mol. The van der Waals surface area contributed by atoms with E-state index in [0.29, 0.717) is 54.5 Å². The average Bonchev–Trinajstić information content (AvgIpc) is 3.68. The minimum atomic E-state index is -2.35. The summed E-state index contributed by atoms with van der Waals surface area (Å²) in [5.41, 5.74) is 3.89. The molecule has 1 aliphatic heterocycles. The number of hydrogen-bond donors (Lipinski definition) is 0. The molecule has 216 valence electrons. The van der Waals surface area contributed by atoms with Crippen molar-refractivity contribution in [3.8, 4) is 11.1 Å². The number of anilines is 2. The lowest BCUT2D eigenvalue weighted by Gasteiger charge is -2.35. The number of benzene rings is 1. The molecule has 0 spiro atoms. The molecule has 6 rings (SSSR count). The fourth-order valence-electron chi connectivity index (χ4n) is 4.61. The predicted molar refractivity (Wildman–Crippen MR) is 162 cm³/mol. The van der Waals surface area contributed by atoms with Crippen LogP contribution in [0, 0.1) is 5.82 Å². The first-order valence-electron chi connectivity index (χ1n) is 14.8. The van der Waals surface area contributed by atoms with Gasteiger partial charge in [0.15, 0.2) is 5.82 Å². The quantitative estimate of drug-likeness (QED) is 0.276. The zero-order valence-corrected chi connectivity index (χ0v) is 24.2. The maximum absolute atomic E-state index is 13.6. The molecule has 5 heterocycles. The summed E-state index contributed by atoms with van der Waals surface area (Å²) in [4.78, 5) is 18.0. The standard InChI is InChI=1S/C29H31FN10OS/c1-29(2,3)42(41)36-26(20-5-7-24(30)8-6-20)22-14-31-28(32-15-22)39-11-9-38(10-12-39)27-25-13-21(18-40(25)35-19-33-27)23-16-34-37(4)17-23/h5-8,13-19H,9-12H2,1-4H3/b36-26-/t42-/m0/s1/i4D3. The molecule has 0 bridgehead atoms. The highest BCUT2D eigenvalue weighted by Gasteiger charge is 2.24. The summed E-state index contributed by atoms with van der Waals surface area (Å²) < 4.78 is 55.9. The van der Waals surface area contributed by atoms with Crippen LogP contribution in [0.2, 0.25) is 0 Å². The third-order valence-electron chi connectivity index (χ3n) is 6.89. The number of aromatic nitrogens is 7. The van der Waals surface area contributed by atoms with Crippen LogP contribution in [0.4, 0.5) is 16.2 Å². The van der Waals surface area contributed by atoms with Gasteiger partial charge >= 0.3 is 0 Å². The second kappa shape index (κ2) is 11.0. The van der Waals surface area contributed by atoms with Crippen LogP contribution in [0.5, 0.6) is 0 Å². The van der Waals surface area contributed by atoms with Crippen LogP contribution in [-0.2, 0) is 18.0 Å². The van der Waals surface area contributed by atoms with Gasteiger partial charge in [0, 0.05) is 84.3 Å². The minimum absolute atomic E-state index is 0.371. The number of halogens is 1. The van der Waals surface area contributed by atoms with Gasteiger partial charge in [-0.3, -0.25) is 4.68 Å². The number of aryl methyl sites for hydroxylation is 1. The van der Waals surface area contributed by atoms with Gasteiger partial charge in [-0.05, 0) is 51.1 Å². The molecule has 42 heavy (non-hydrogen) atoms. The third kappa shape index (κ3) is 5.64. The summed E-state index contributed by atoms with van der Waals surface area (Å²) >= 11 is 0. The maximum atomic E-state index is 13.6. The maximum Gasteiger partial charge on any atom is 0.225 e. The van der Waals surface area contributed by atoms with Crippen LogP contribution < -0.4 is 9.80 Å². The number of piperazine rings is 1. The van der Waals surface area contributed by atoms with Gasteiger partial charge < -0.3 is 9.80 Å². The van der Waals surface area contributed by atoms with Crippen molar-refractivity contribution in [1.29, 1.82) is 0 Å². The van der Waals surface area contributed by atoms with Gasteiger partial charge in [-0.2, -0.15) is 14.6 Å². The zero-order chi connectivity index (χ0) is 31.9. The van der Waals surface area contributed by atoms with Crippen LogP contribution in [0.3, 0.4) is 0 Å². The van der Waals surface area contributed by atoms with E-state index in [2.05, 4.69) is 39.3 Å². The Labute approximate surface area is 249 Å². The lowest BCUT2D eigenvalue weighted by molar-refractivity contribution is 0.628. The lowest BCUT2D eigenvalue weighted by Crippen LogP contribution is -2.47. The van der Waals surface area contributed by atoms with Crippen molar-refractivity contribution in [2.75, 3.05) is 36.0 Å². The summed E-state index contributed by atoms with van der Waals surface area (Å²) in [7, 11) is -1.54. The summed E-state index contributed by atoms with van der Waals surface area (Å²) in [6.45, 7) is 5.76. The Bertz CT molecular complexity index is 1870. The minimum Gasteiger partial charge on any atom is -0.351 e. The smallest absolute Gasteiger partial charge is 0.225 e. The molecule has 1 aromatic carbocycles. The molecule has 0 radical (unpaired) electrons. The highest BCUT2D eigenvalue weighted by molar-refractivity contribution is 7.85. The van der Waals surface area contributed by atoms with E-state index in [0.717, 1.165) is 21.6 Å². The van der Waals surface area contributed by atoms with Gasteiger partial charge in [0.25, 0.3) is 0 Å². The van der Waals surface area contributed by atoms with Crippen molar-refractivity contribution in [1.82, 2.24) is 34.3 Å². The molecule has 1 fully saturated rings. The van der Waals surface area contributed by atoms with Crippen molar-refractivity contribution in [3.05, 3.63) is 84.6 Å². The van der Waals surface area contributed by atoms with Crippen LogP contribution in [0.15, 0.2) is 72.0 Å². The first kappa shape index (κ1) is 24.1. The average molecular weight is 590 g/mol. The SMILES string of the molecule is [2H]C([2H])([2H])n1cc(-c2cc3c(N4CCN(c5ncc(/C(=N\[S@@](=O)C(C)(C)C)c6ccc(F)cc6)cn5)CC4)ncnn3c2)cn1. The first-order valence-corrected chi connectivity index (χ1v) is 14.5. The molecular weight excluding hydrogens is 555 g/mol. The second-order valence-corrected chi connectivity index (χ2v) is 12.8. The summed E-state index contributed by atoms with van der Waals surface area (Å²) in [5, 5.41) is 8.33. The van der Waals surface area contributed by atoms with E-state index in [-0.39, 0.29) is 5.82 Å². The van der Waals surface area contributed by atoms with Gasteiger partial charge in [-0.15, -0.1) is 0 Å². The Hall–Kier alpha value is -4.52. The van der Waals surface area contributed by atoms with E-state index in [4.69, 9.17) is 4.11 Å². The molecule has 0 unspecified atom stereocenters. The largest absolute Gasteiger partial charge is 0.351 e. The molecular formula is C29H31FN10OS. The van der Waals surface area contributed by atoms with Crippen LogP contribution in [0.1, 0.15) is 36.0 Å². The highest BCUT2D eigenvalue weighted by Crippen LogP contribution is 2.27. The van der Waals surface area contributed by atoms with Crippen molar-refractivity contribution < 1.29 is 12.7 Å². The highest BCUT2D eigenvalue weighted by atomic mass is 32.2. The van der Waals surface area contributed by atoms with Crippen LogP contribution in [0.25, 0.3) is 16.6 Å². The lowest BCUT2D eigenvalue weighted by atomic mass is 10.1. The summed E-state index contributed by atoms with van der Waals surface area (Å²) in [6.07, 6.45) is 9.66. The number of rotatable bonds is 6. The topological polar surface area (TPSA) is 110 Å². The van der Waals surface area contributed by atoms with E-state index in [1.807, 2.05) is 33.0 Å². The van der Waals surface area contributed by atoms with Crippen LogP contribution >= 0.6 is 0 Å². The van der Waals surface area contributed by atoms with Crippen molar-refractivity contribution >= 4 is 34.0 Å². The Balaban J connectivity index is 1.19. The van der Waals surface area contributed by atoms with Crippen molar-refractivity contribution in [2.24, 2.45) is 11.4 Å². The van der Waals surface area contributed by atoms with Gasteiger partial charge in [-0.25, -0.2) is 28.1 Å². The number of nitrogens with zero attached hydrogens (tertiary/aromatic N) is 10. The molecule has 0 saturated carbocycles. The molecule has 0 N–H and O–H groups in total. The fraction of sp³-hybridized carbons (Fsp3) is 0.310. The Morgan fingerprint density at radius 1 is 0.929 bits per heavy atom. The van der Waals surface area contributed by atoms with Gasteiger partial charge in [0.1, 0.15) is 28.6 Å². The summed E-state index contributed by atoms with van der Waals surface area (Å²) in [6, 6.07) is 7.81. The Morgan fingerprint density at radius 3 is 2.31 bits per heavy atom. The molecule has 1 atom stereocenters. The Kier molecular flexibility index (Phi) is 6.34. The Morgan fingerprint density at radius 2 is 1.64 bits per heavy atom. The van der Waals surface area contributed by atoms with E-state index in [1.54, 1.807) is 29.0 Å². The second-order valence-electron chi connectivity index (χ2n) is 10.9. The van der Waals surface area contributed by atoms with Crippen molar-refractivity contribution in [2.45, 2.75) is 25.5 Å². The van der Waals surface area contributed by atoms with Gasteiger partial charge in [-0.1, -0.05) is 0 Å². The number of hydrogen-bond acceptors (Lipinski definition) is 8. The molecule has 1 aliphatic rings. The molecule has 0 aliphatic carbocycles. The molecule has 4 aromatic heterocycles. The third-order valence-corrected chi connectivity index (χ3v) is 8.29. The van der Waals surface area contributed by atoms with E-state index >= 15 is 0 Å². The van der Waals surface area contributed by atoms with E-state index in [9.17, 15) is 8.60 Å². The van der Waals surface area contributed by atoms with Gasteiger partial charge in [0.2, 0.25) is 5.95 Å².